The van der Waals surface area contributed by atoms with Gasteiger partial charge >= 0.3 is 0 Å². The molecule has 24 heavy (non-hydrogen) atoms. The summed E-state index contributed by atoms with van der Waals surface area (Å²) in [6, 6.07) is 5.89. The van der Waals surface area contributed by atoms with Crippen molar-refractivity contribution in [2.24, 2.45) is 16.5 Å². The van der Waals surface area contributed by atoms with E-state index in [4.69, 9.17) is 5.14 Å². The predicted octanol–water partition coefficient (Wildman–Crippen LogP) is 2.27. The average molecular weight is 359 g/mol. The largest absolute Gasteiger partial charge is 0.384 e. The van der Waals surface area contributed by atoms with Gasteiger partial charge in [-0.2, -0.15) is 12.7 Å². The van der Waals surface area contributed by atoms with Gasteiger partial charge in [-0.25, -0.2) is 13.9 Å². The van der Waals surface area contributed by atoms with Crippen molar-refractivity contribution in [1.82, 2.24) is 4.31 Å². The molecule has 8 heteroatoms. The number of anilines is 1. The molecule has 5 nitrogen and oxygen atoms in total. The molecule has 1 saturated heterocycles. The zero-order valence-corrected chi connectivity index (χ0v) is 14.7. The normalized spacial score (nSPS) is 25.6. The summed E-state index contributed by atoms with van der Waals surface area (Å²) >= 11 is 0. The zero-order valence-electron chi connectivity index (χ0n) is 13.9. The van der Waals surface area contributed by atoms with Crippen LogP contribution >= 0.6 is 0 Å². The molecule has 3 rings (SSSR count). The van der Waals surface area contributed by atoms with Crippen LogP contribution in [0.25, 0.3) is 0 Å². The molecule has 0 amide bonds. The topological polar surface area (TPSA) is 75.4 Å². The van der Waals surface area contributed by atoms with E-state index >= 15 is 0 Å². The Balaban J connectivity index is 1.67. The van der Waals surface area contributed by atoms with Crippen molar-refractivity contribution in [2.45, 2.75) is 32.6 Å². The Morgan fingerprint density at radius 2 is 1.92 bits per heavy atom. The molecule has 1 atom stereocenters. The van der Waals surface area contributed by atoms with Crippen LogP contribution in [0, 0.1) is 25.2 Å². The van der Waals surface area contributed by atoms with Crippen molar-refractivity contribution in [3.8, 4) is 0 Å². The first-order valence-corrected chi connectivity index (χ1v) is 9.55. The lowest BCUT2D eigenvalue weighted by molar-refractivity contribution is 0.0395. The van der Waals surface area contributed by atoms with Crippen LogP contribution in [0.1, 0.15) is 24.0 Å². The van der Waals surface area contributed by atoms with Crippen molar-refractivity contribution in [3.63, 3.8) is 0 Å². The zero-order chi connectivity index (χ0) is 17.8. The number of hydrogen-bond acceptors (Lipinski definition) is 3. The smallest absolute Gasteiger partial charge is 0.276 e. The minimum absolute atomic E-state index is 0.0639. The third-order valence-electron chi connectivity index (χ3n) is 5.55. The first-order valence-electron chi connectivity index (χ1n) is 8.05. The molecule has 1 saturated carbocycles. The van der Waals surface area contributed by atoms with Gasteiger partial charge in [0.25, 0.3) is 16.1 Å². The number of benzene rings is 1. The highest BCUT2D eigenvalue weighted by Gasteiger charge is 2.79. The van der Waals surface area contributed by atoms with Crippen LogP contribution in [0.2, 0.25) is 0 Å². The molecule has 0 unspecified atom stereocenters. The van der Waals surface area contributed by atoms with Gasteiger partial charge in [-0.05, 0) is 43.9 Å². The fraction of sp³-hybridized carbons (Fsp3) is 0.625. The molecule has 2 aliphatic rings. The molecular weight excluding hydrogens is 336 g/mol. The van der Waals surface area contributed by atoms with E-state index in [1.165, 1.54) is 0 Å². The molecule has 134 valence electrons. The summed E-state index contributed by atoms with van der Waals surface area (Å²) in [5, 5.41) is 8.23. The van der Waals surface area contributed by atoms with Gasteiger partial charge in [0.1, 0.15) is 0 Å². The van der Waals surface area contributed by atoms with Crippen LogP contribution in [0.4, 0.5) is 14.5 Å². The van der Waals surface area contributed by atoms with Crippen molar-refractivity contribution < 1.29 is 17.2 Å². The second-order valence-corrected chi connectivity index (χ2v) is 8.52. The van der Waals surface area contributed by atoms with E-state index in [2.05, 4.69) is 5.32 Å². The van der Waals surface area contributed by atoms with Crippen LogP contribution in [0.5, 0.6) is 0 Å². The number of nitrogens with two attached hydrogens (primary N) is 1. The lowest BCUT2D eigenvalue weighted by Gasteiger charge is -2.30. The molecule has 0 aromatic heterocycles. The van der Waals surface area contributed by atoms with E-state index in [-0.39, 0.29) is 32.5 Å². The lowest BCUT2D eigenvalue weighted by Crippen LogP contribution is -2.44. The summed E-state index contributed by atoms with van der Waals surface area (Å²) in [7, 11) is -3.80. The second kappa shape index (κ2) is 5.64. The first-order chi connectivity index (χ1) is 11.1. The molecule has 1 aromatic rings. The Morgan fingerprint density at radius 3 is 2.50 bits per heavy atom. The Bertz CT molecular complexity index is 744. The molecule has 3 N–H and O–H groups in total. The summed E-state index contributed by atoms with van der Waals surface area (Å²) < 4.78 is 52.6. The maximum absolute atomic E-state index is 14.4. The van der Waals surface area contributed by atoms with Crippen molar-refractivity contribution in [3.05, 3.63) is 29.3 Å². The SMILES string of the molecule is Cc1ccc(C)c(NC[C@@H]2C(F)(F)C23CCN(S(N)(=O)=O)CC3)c1. The Kier molecular flexibility index (Phi) is 4.13. The highest BCUT2D eigenvalue weighted by molar-refractivity contribution is 7.86. The third-order valence-corrected chi connectivity index (χ3v) is 6.63. The van der Waals surface area contributed by atoms with Crippen molar-refractivity contribution >= 4 is 15.9 Å². The molecule has 1 heterocycles. The summed E-state index contributed by atoms with van der Waals surface area (Å²) in [5.74, 6) is -3.53. The molecule has 0 radical (unpaired) electrons. The van der Waals surface area contributed by atoms with Crippen LogP contribution in [-0.2, 0) is 10.2 Å². The van der Waals surface area contributed by atoms with E-state index in [0.29, 0.717) is 0 Å². The maximum atomic E-state index is 14.4. The van der Waals surface area contributed by atoms with E-state index in [1.54, 1.807) is 0 Å². The van der Waals surface area contributed by atoms with Crippen molar-refractivity contribution in [1.29, 1.82) is 0 Å². The van der Waals surface area contributed by atoms with Gasteiger partial charge in [-0.3, -0.25) is 0 Å². The van der Waals surface area contributed by atoms with Crippen LogP contribution in [-0.4, -0.2) is 38.3 Å². The number of piperidine rings is 1. The monoisotopic (exact) mass is 359 g/mol. The van der Waals surface area contributed by atoms with Crippen LogP contribution in [0.3, 0.4) is 0 Å². The van der Waals surface area contributed by atoms with Gasteiger partial charge < -0.3 is 5.32 Å². The number of rotatable bonds is 4. The molecule has 1 aromatic carbocycles. The first kappa shape index (κ1) is 17.6. The highest BCUT2D eigenvalue weighted by Crippen LogP contribution is 2.70. The Morgan fingerprint density at radius 1 is 1.29 bits per heavy atom. The predicted molar refractivity (Wildman–Crippen MR) is 89.2 cm³/mol. The Labute approximate surface area is 141 Å². The lowest BCUT2D eigenvalue weighted by atomic mass is 9.91. The van der Waals surface area contributed by atoms with Gasteiger partial charge in [-0.1, -0.05) is 12.1 Å². The van der Waals surface area contributed by atoms with Gasteiger partial charge in [0.05, 0.1) is 5.92 Å². The summed E-state index contributed by atoms with van der Waals surface area (Å²) in [6.07, 6.45) is 0.297. The minimum atomic E-state index is -3.80. The summed E-state index contributed by atoms with van der Waals surface area (Å²) in [5.41, 5.74) is 1.86. The van der Waals surface area contributed by atoms with Crippen LogP contribution in [0.15, 0.2) is 18.2 Å². The van der Waals surface area contributed by atoms with Gasteiger partial charge in [0, 0.05) is 30.7 Å². The number of nitrogens with zero attached hydrogens (tertiary/aromatic N) is 1. The fourth-order valence-electron chi connectivity index (χ4n) is 3.87. The van der Waals surface area contributed by atoms with Gasteiger partial charge in [0.2, 0.25) is 0 Å². The van der Waals surface area contributed by atoms with Crippen molar-refractivity contribution in [2.75, 3.05) is 25.0 Å². The number of alkyl halides is 2. The maximum Gasteiger partial charge on any atom is 0.276 e. The van der Waals surface area contributed by atoms with Gasteiger partial charge in [-0.15, -0.1) is 0 Å². The highest BCUT2D eigenvalue weighted by atomic mass is 32.2. The standard InChI is InChI=1S/C16H23F2N3O2S/c1-11-3-4-12(2)13(9-11)20-10-14-15(16(14,17)18)5-7-21(8-6-15)24(19,22)23/h3-4,9,14,20H,5-8,10H2,1-2H3,(H2,19,22,23)/t14-/m0/s1. The summed E-state index contributed by atoms with van der Waals surface area (Å²) in [4.78, 5) is 0. The van der Waals surface area contributed by atoms with Crippen LogP contribution < -0.4 is 10.5 Å². The van der Waals surface area contributed by atoms with E-state index in [1.807, 2.05) is 32.0 Å². The molecule has 1 aliphatic heterocycles. The minimum Gasteiger partial charge on any atom is -0.384 e. The number of halogens is 2. The Hall–Kier alpha value is -1.25. The average Bonchev–Trinajstić information content (AvgIpc) is 2.93. The molecule has 1 aliphatic carbocycles. The summed E-state index contributed by atoms with van der Waals surface area (Å²) in [6.45, 7) is 4.21. The second-order valence-electron chi connectivity index (χ2n) is 6.97. The quantitative estimate of drug-likeness (QED) is 0.866. The molecule has 0 bridgehead atoms. The number of hydrogen-bond donors (Lipinski definition) is 2. The number of aryl methyl sites for hydroxylation is 2. The van der Waals surface area contributed by atoms with E-state index in [9.17, 15) is 17.2 Å². The third kappa shape index (κ3) is 2.80. The van der Waals surface area contributed by atoms with E-state index in [0.717, 1.165) is 21.1 Å². The molecule has 1 spiro atoms. The number of nitrogens with one attached hydrogen (secondary N) is 1. The van der Waals surface area contributed by atoms with E-state index < -0.39 is 27.5 Å². The molecule has 2 fully saturated rings. The van der Waals surface area contributed by atoms with Gasteiger partial charge in [0.15, 0.2) is 0 Å². The fourth-order valence-corrected chi connectivity index (χ4v) is 4.57. The molecular formula is C16H23F2N3O2S.